The lowest BCUT2D eigenvalue weighted by molar-refractivity contribution is -0.130. The van der Waals surface area contributed by atoms with Gasteiger partial charge >= 0.3 is 6.03 Å². The fourth-order valence-corrected chi connectivity index (χ4v) is 4.21. The van der Waals surface area contributed by atoms with Crippen molar-refractivity contribution in [3.63, 3.8) is 0 Å². The molecule has 1 saturated heterocycles. The number of amides is 4. The molecule has 0 atom stereocenters. The number of hydrogen-bond donors (Lipinski definition) is 1. The maximum atomic E-state index is 13.0. The number of carbonyl (C=O) groups excluding carboxylic acids is 3. The molecule has 0 bridgehead atoms. The molecular weight excluding hydrogens is 584 g/mol. The monoisotopic (exact) mass is 602 g/mol. The van der Waals surface area contributed by atoms with Gasteiger partial charge in [-0.2, -0.15) is 0 Å². The van der Waals surface area contributed by atoms with Crippen molar-refractivity contribution in [1.29, 1.82) is 0 Å². The quantitative estimate of drug-likeness (QED) is 0.272. The highest BCUT2D eigenvalue weighted by Gasteiger charge is 2.36. The second kappa shape index (κ2) is 10.9. The van der Waals surface area contributed by atoms with Crippen LogP contribution in [0.2, 0.25) is 0 Å². The molecule has 2 heterocycles. The number of furan rings is 1. The largest absolute Gasteiger partial charge is 0.490 e. The molecule has 1 N–H and O–H groups in total. The summed E-state index contributed by atoms with van der Waals surface area (Å²) in [4.78, 5) is 38.6. The Bertz CT molecular complexity index is 1290. The average Bonchev–Trinajstić information content (AvgIpc) is 3.34. The van der Waals surface area contributed by atoms with E-state index < -0.39 is 17.8 Å². The van der Waals surface area contributed by atoms with Gasteiger partial charge in [0.25, 0.3) is 11.8 Å². The highest BCUT2D eigenvalue weighted by Crippen LogP contribution is 2.38. The van der Waals surface area contributed by atoms with E-state index in [0.717, 1.165) is 14.9 Å². The zero-order valence-electron chi connectivity index (χ0n) is 18.5. The molecule has 1 fully saturated rings. The van der Waals surface area contributed by atoms with Gasteiger partial charge < -0.3 is 13.9 Å². The fraction of sp³-hybridized carbons (Fsp3) is 0.160. The van der Waals surface area contributed by atoms with E-state index in [9.17, 15) is 14.4 Å². The summed E-state index contributed by atoms with van der Waals surface area (Å²) < 4.78 is 18.6. The Morgan fingerprint density at radius 1 is 1.06 bits per heavy atom. The van der Waals surface area contributed by atoms with Crippen molar-refractivity contribution in [2.45, 2.75) is 20.1 Å². The first kappa shape index (κ1) is 24.7. The molecule has 35 heavy (non-hydrogen) atoms. The molecule has 0 radical (unpaired) electrons. The molecule has 1 aliphatic heterocycles. The van der Waals surface area contributed by atoms with Gasteiger partial charge in [0.15, 0.2) is 11.5 Å². The predicted octanol–water partition coefficient (Wildman–Crippen LogP) is 5.44. The van der Waals surface area contributed by atoms with Gasteiger partial charge in [-0.05, 0) is 76.5 Å². The van der Waals surface area contributed by atoms with Crippen LogP contribution < -0.4 is 14.8 Å². The third-order valence-electron chi connectivity index (χ3n) is 5.02. The van der Waals surface area contributed by atoms with Gasteiger partial charge in [0.1, 0.15) is 17.9 Å². The topological polar surface area (TPSA) is 98.1 Å². The molecule has 0 saturated carbocycles. The van der Waals surface area contributed by atoms with Crippen LogP contribution in [0.4, 0.5) is 4.79 Å². The third-order valence-corrected chi connectivity index (χ3v) is 6.14. The van der Waals surface area contributed by atoms with Gasteiger partial charge in [-0.3, -0.25) is 19.8 Å². The van der Waals surface area contributed by atoms with Crippen molar-refractivity contribution in [2.24, 2.45) is 0 Å². The number of urea groups is 1. The number of nitrogens with zero attached hydrogens (tertiary/aromatic N) is 1. The van der Waals surface area contributed by atoms with E-state index in [1.54, 1.807) is 24.3 Å². The van der Waals surface area contributed by atoms with Gasteiger partial charge in [0.2, 0.25) is 0 Å². The first-order valence-corrected chi connectivity index (χ1v) is 12.2. The maximum Gasteiger partial charge on any atom is 0.331 e. The van der Waals surface area contributed by atoms with E-state index in [-0.39, 0.29) is 12.1 Å². The molecule has 4 rings (SSSR count). The Kier molecular flexibility index (Phi) is 7.72. The average molecular weight is 604 g/mol. The summed E-state index contributed by atoms with van der Waals surface area (Å²) in [6.07, 6.45) is 2.85. The van der Waals surface area contributed by atoms with E-state index in [4.69, 9.17) is 13.9 Å². The Hall–Kier alpha value is -3.37. The molecule has 180 valence electrons. The number of nitrogens with one attached hydrogen (secondary N) is 1. The van der Waals surface area contributed by atoms with Crippen LogP contribution in [-0.2, 0) is 22.7 Å². The molecule has 1 aromatic heterocycles. The summed E-state index contributed by atoms with van der Waals surface area (Å²) in [5, 5.41) is 2.20. The van der Waals surface area contributed by atoms with Crippen LogP contribution in [0.1, 0.15) is 23.8 Å². The minimum absolute atomic E-state index is 0.0982. The van der Waals surface area contributed by atoms with Crippen LogP contribution >= 0.6 is 31.9 Å². The van der Waals surface area contributed by atoms with E-state index in [1.165, 1.54) is 12.3 Å². The third kappa shape index (κ3) is 5.83. The molecule has 8 nitrogen and oxygen atoms in total. The first-order valence-electron chi connectivity index (χ1n) is 10.6. The first-order chi connectivity index (χ1) is 16.9. The lowest BCUT2D eigenvalue weighted by atomic mass is 10.1. The number of benzene rings is 2. The van der Waals surface area contributed by atoms with Gasteiger partial charge in [-0.25, -0.2) is 4.79 Å². The summed E-state index contributed by atoms with van der Waals surface area (Å²) in [6, 6.07) is 13.6. The van der Waals surface area contributed by atoms with Gasteiger partial charge in [-0.15, -0.1) is 0 Å². The second-order valence-corrected chi connectivity index (χ2v) is 9.24. The van der Waals surface area contributed by atoms with E-state index >= 15 is 0 Å². The van der Waals surface area contributed by atoms with Crippen LogP contribution in [0.3, 0.4) is 0 Å². The number of halogens is 2. The van der Waals surface area contributed by atoms with Crippen molar-refractivity contribution in [3.05, 3.63) is 86.2 Å². The van der Waals surface area contributed by atoms with E-state index in [1.807, 2.05) is 31.2 Å². The summed E-state index contributed by atoms with van der Waals surface area (Å²) >= 11 is 6.92. The predicted molar refractivity (Wildman–Crippen MR) is 135 cm³/mol. The summed E-state index contributed by atoms with van der Waals surface area (Å²) in [5.41, 5.74) is 1.30. The van der Waals surface area contributed by atoms with Crippen LogP contribution in [0.15, 0.2) is 73.7 Å². The minimum atomic E-state index is -0.804. The SMILES string of the molecule is CCOc1cc(/C=C2\C(=O)NC(=O)N(Cc3ccco3)C2=O)cc(Br)c1OCc1ccc(Br)cc1. The number of ether oxygens (including phenoxy) is 2. The highest BCUT2D eigenvalue weighted by molar-refractivity contribution is 9.10. The molecule has 2 aromatic carbocycles. The Morgan fingerprint density at radius 2 is 1.83 bits per heavy atom. The molecule has 0 aliphatic carbocycles. The van der Waals surface area contributed by atoms with Crippen molar-refractivity contribution in [2.75, 3.05) is 6.61 Å². The van der Waals surface area contributed by atoms with Crippen molar-refractivity contribution >= 4 is 55.8 Å². The van der Waals surface area contributed by atoms with Crippen LogP contribution in [0.25, 0.3) is 6.08 Å². The zero-order valence-corrected chi connectivity index (χ0v) is 21.7. The number of imide groups is 2. The van der Waals surface area contributed by atoms with Crippen molar-refractivity contribution in [3.8, 4) is 11.5 Å². The molecule has 3 aromatic rings. The van der Waals surface area contributed by atoms with Crippen molar-refractivity contribution < 1.29 is 28.3 Å². The van der Waals surface area contributed by atoms with Gasteiger partial charge in [0.05, 0.1) is 23.9 Å². The Balaban J connectivity index is 1.61. The highest BCUT2D eigenvalue weighted by atomic mass is 79.9. The summed E-state index contributed by atoms with van der Waals surface area (Å²) in [5.74, 6) is -0.153. The number of rotatable bonds is 8. The lowest BCUT2D eigenvalue weighted by Crippen LogP contribution is -2.53. The summed E-state index contributed by atoms with van der Waals surface area (Å²) in [7, 11) is 0. The van der Waals surface area contributed by atoms with Gasteiger partial charge in [0, 0.05) is 4.47 Å². The molecule has 1 aliphatic rings. The lowest BCUT2D eigenvalue weighted by Gasteiger charge is -2.25. The van der Waals surface area contributed by atoms with Crippen molar-refractivity contribution in [1.82, 2.24) is 10.2 Å². The number of carbonyl (C=O) groups is 3. The molecule has 4 amide bonds. The maximum absolute atomic E-state index is 13.0. The molecule has 0 unspecified atom stereocenters. The van der Waals surface area contributed by atoms with Crippen LogP contribution in [0, 0.1) is 0 Å². The minimum Gasteiger partial charge on any atom is -0.490 e. The normalized spacial score (nSPS) is 14.9. The van der Waals surface area contributed by atoms with Crippen LogP contribution in [-0.4, -0.2) is 29.4 Å². The van der Waals surface area contributed by atoms with Crippen LogP contribution in [0.5, 0.6) is 11.5 Å². The molecule has 10 heteroatoms. The fourth-order valence-electron chi connectivity index (χ4n) is 3.37. The standard InChI is InChI=1S/C25H20Br2N2O6/c1-2-33-21-12-16(11-20(27)22(21)35-14-15-5-7-17(26)8-6-15)10-19-23(30)28-25(32)29(24(19)31)13-18-4-3-9-34-18/h3-12H,2,13-14H2,1H3,(H,28,30,32)/b19-10+. The number of barbiturate groups is 1. The Labute approximate surface area is 218 Å². The molecular formula is C25H20Br2N2O6. The smallest absolute Gasteiger partial charge is 0.331 e. The summed E-state index contributed by atoms with van der Waals surface area (Å²) in [6.45, 7) is 2.44. The zero-order chi connectivity index (χ0) is 24.9. The van der Waals surface area contributed by atoms with Gasteiger partial charge in [-0.1, -0.05) is 28.1 Å². The second-order valence-electron chi connectivity index (χ2n) is 7.47. The number of hydrogen-bond acceptors (Lipinski definition) is 6. The van der Waals surface area contributed by atoms with E-state index in [0.29, 0.717) is 40.5 Å². The molecule has 0 spiro atoms. The Morgan fingerprint density at radius 3 is 2.51 bits per heavy atom. The van der Waals surface area contributed by atoms with E-state index in [2.05, 4.69) is 37.2 Å².